The van der Waals surface area contributed by atoms with Gasteiger partial charge < -0.3 is 4.74 Å². The Kier molecular flexibility index (Phi) is 2.83. The number of hydrogen-bond donors (Lipinski definition) is 0. The summed E-state index contributed by atoms with van der Waals surface area (Å²) < 4.78 is 29.9. The molecule has 0 N–H and O–H groups in total. The summed E-state index contributed by atoms with van der Waals surface area (Å²) in [7, 11) is 1.04. The van der Waals surface area contributed by atoms with Crippen LogP contribution in [-0.4, -0.2) is 13.2 Å². The monoisotopic (exact) mass is 176 g/mol. The van der Waals surface area contributed by atoms with Crippen molar-refractivity contribution in [2.45, 2.75) is 32.3 Å². The normalized spacial score (nSPS) is 25.3. The van der Waals surface area contributed by atoms with Gasteiger partial charge >= 0.3 is 6.11 Å². The Morgan fingerprint density at radius 1 is 1.58 bits per heavy atom. The first kappa shape index (κ1) is 9.65. The molecule has 0 saturated heterocycles. The van der Waals surface area contributed by atoms with E-state index < -0.39 is 6.11 Å². The first-order chi connectivity index (χ1) is 5.56. The average Bonchev–Trinajstić information content (AvgIpc) is 2.05. The van der Waals surface area contributed by atoms with Crippen molar-refractivity contribution in [3.8, 4) is 0 Å². The van der Waals surface area contributed by atoms with Crippen LogP contribution in [0.4, 0.5) is 8.78 Å². The van der Waals surface area contributed by atoms with Crippen molar-refractivity contribution < 1.29 is 13.5 Å². The maximum atomic E-state index is 12.9. The van der Waals surface area contributed by atoms with Gasteiger partial charge in [0.25, 0.3) is 0 Å². The Morgan fingerprint density at radius 3 is 2.67 bits per heavy atom. The number of alkyl halides is 2. The minimum absolute atomic E-state index is 0.142. The smallest absolute Gasteiger partial charge is 0.320 e. The molecule has 0 bridgehead atoms. The van der Waals surface area contributed by atoms with Crippen molar-refractivity contribution in [3.63, 3.8) is 0 Å². The SMILES string of the molecule is COC(F)(F)C1=CCC(C)CC1. The van der Waals surface area contributed by atoms with Crippen LogP contribution in [0.1, 0.15) is 26.2 Å². The zero-order valence-corrected chi connectivity index (χ0v) is 7.44. The zero-order valence-electron chi connectivity index (χ0n) is 7.44. The van der Waals surface area contributed by atoms with Gasteiger partial charge in [-0.2, -0.15) is 8.78 Å². The molecule has 70 valence electrons. The molecule has 0 saturated carbocycles. The van der Waals surface area contributed by atoms with Gasteiger partial charge in [-0.15, -0.1) is 0 Å². The summed E-state index contributed by atoms with van der Waals surface area (Å²) in [5.74, 6) is 0.529. The third-order valence-corrected chi connectivity index (χ3v) is 2.30. The lowest BCUT2D eigenvalue weighted by Gasteiger charge is -2.23. The van der Waals surface area contributed by atoms with Crippen LogP contribution in [0.25, 0.3) is 0 Å². The van der Waals surface area contributed by atoms with Crippen LogP contribution < -0.4 is 0 Å². The first-order valence-electron chi connectivity index (χ1n) is 4.18. The van der Waals surface area contributed by atoms with E-state index >= 15 is 0 Å². The molecule has 1 rings (SSSR count). The predicted octanol–water partition coefficient (Wildman–Crippen LogP) is 2.97. The molecule has 0 radical (unpaired) electrons. The fourth-order valence-corrected chi connectivity index (χ4v) is 1.36. The van der Waals surface area contributed by atoms with E-state index in [-0.39, 0.29) is 5.57 Å². The maximum absolute atomic E-state index is 12.9. The number of hydrogen-bond acceptors (Lipinski definition) is 1. The van der Waals surface area contributed by atoms with E-state index in [9.17, 15) is 8.78 Å². The van der Waals surface area contributed by atoms with Gasteiger partial charge in [0.1, 0.15) is 0 Å². The molecule has 0 amide bonds. The van der Waals surface area contributed by atoms with E-state index in [1.807, 2.05) is 0 Å². The lowest BCUT2D eigenvalue weighted by molar-refractivity contribution is -0.192. The molecule has 3 heteroatoms. The summed E-state index contributed by atoms with van der Waals surface area (Å²) >= 11 is 0. The third kappa shape index (κ3) is 2.03. The van der Waals surface area contributed by atoms with Gasteiger partial charge in [0.2, 0.25) is 0 Å². The average molecular weight is 176 g/mol. The van der Waals surface area contributed by atoms with Crippen molar-refractivity contribution >= 4 is 0 Å². The molecule has 0 aromatic rings. The van der Waals surface area contributed by atoms with Crippen molar-refractivity contribution in [1.29, 1.82) is 0 Å². The minimum Gasteiger partial charge on any atom is -0.320 e. The van der Waals surface area contributed by atoms with Crippen LogP contribution in [0.15, 0.2) is 11.6 Å². The maximum Gasteiger partial charge on any atom is 0.379 e. The van der Waals surface area contributed by atoms with Crippen molar-refractivity contribution in [2.24, 2.45) is 5.92 Å². The van der Waals surface area contributed by atoms with Crippen LogP contribution in [0.3, 0.4) is 0 Å². The minimum atomic E-state index is -3.04. The number of rotatable bonds is 2. The predicted molar refractivity (Wildman–Crippen MR) is 43.1 cm³/mol. The highest BCUT2D eigenvalue weighted by molar-refractivity contribution is 5.12. The molecule has 12 heavy (non-hydrogen) atoms. The summed E-state index contributed by atoms with van der Waals surface area (Å²) in [5.41, 5.74) is 0.142. The number of ether oxygens (including phenoxy) is 1. The van der Waals surface area contributed by atoms with Crippen LogP contribution in [-0.2, 0) is 4.74 Å². The van der Waals surface area contributed by atoms with E-state index in [1.54, 1.807) is 6.08 Å². The van der Waals surface area contributed by atoms with Crippen LogP contribution in [0.2, 0.25) is 0 Å². The Morgan fingerprint density at radius 2 is 2.25 bits per heavy atom. The summed E-state index contributed by atoms with van der Waals surface area (Å²) in [6, 6.07) is 0. The van der Waals surface area contributed by atoms with Gasteiger partial charge in [-0.25, -0.2) is 0 Å². The molecular weight excluding hydrogens is 162 g/mol. The molecule has 1 aliphatic rings. The highest BCUT2D eigenvalue weighted by atomic mass is 19.3. The Bertz CT molecular complexity index is 187. The van der Waals surface area contributed by atoms with Gasteiger partial charge in [0.15, 0.2) is 0 Å². The van der Waals surface area contributed by atoms with E-state index in [1.165, 1.54) is 0 Å². The van der Waals surface area contributed by atoms with Gasteiger partial charge in [-0.1, -0.05) is 13.0 Å². The molecule has 0 aromatic heterocycles. The van der Waals surface area contributed by atoms with E-state index in [4.69, 9.17) is 0 Å². The number of allylic oxidation sites excluding steroid dienone is 1. The third-order valence-electron chi connectivity index (χ3n) is 2.30. The second kappa shape index (κ2) is 3.52. The molecule has 1 unspecified atom stereocenters. The Balaban J connectivity index is 2.64. The summed E-state index contributed by atoms with van der Waals surface area (Å²) in [4.78, 5) is 0. The quantitative estimate of drug-likeness (QED) is 0.588. The fourth-order valence-electron chi connectivity index (χ4n) is 1.36. The second-order valence-electron chi connectivity index (χ2n) is 3.33. The van der Waals surface area contributed by atoms with E-state index in [0.717, 1.165) is 20.0 Å². The second-order valence-corrected chi connectivity index (χ2v) is 3.33. The van der Waals surface area contributed by atoms with Crippen molar-refractivity contribution in [2.75, 3.05) is 7.11 Å². The number of halogens is 2. The lowest BCUT2D eigenvalue weighted by Crippen LogP contribution is -2.24. The molecule has 1 aliphatic carbocycles. The molecule has 0 spiro atoms. The number of methoxy groups -OCH3 is 1. The highest BCUT2D eigenvalue weighted by Crippen LogP contribution is 2.34. The van der Waals surface area contributed by atoms with Gasteiger partial charge in [-0.3, -0.25) is 0 Å². The standard InChI is InChI=1S/C9H14F2O/c1-7-3-5-8(6-4-7)9(10,11)12-2/h5,7H,3-4,6H2,1-2H3. The molecule has 1 atom stereocenters. The van der Waals surface area contributed by atoms with Crippen LogP contribution in [0, 0.1) is 5.92 Å². The largest absolute Gasteiger partial charge is 0.379 e. The molecule has 0 fully saturated rings. The van der Waals surface area contributed by atoms with Crippen LogP contribution in [0.5, 0.6) is 0 Å². The molecule has 1 nitrogen and oxygen atoms in total. The topological polar surface area (TPSA) is 9.23 Å². The fraction of sp³-hybridized carbons (Fsp3) is 0.778. The van der Waals surface area contributed by atoms with E-state index in [0.29, 0.717) is 12.3 Å². The van der Waals surface area contributed by atoms with Crippen LogP contribution >= 0.6 is 0 Å². The summed E-state index contributed by atoms with van der Waals surface area (Å²) in [6.07, 6.45) is 0.610. The Hall–Kier alpha value is -0.440. The van der Waals surface area contributed by atoms with Gasteiger partial charge in [0, 0.05) is 12.7 Å². The van der Waals surface area contributed by atoms with Crippen molar-refractivity contribution in [1.82, 2.24) is 0 Å². The molecule has 0 aromatic carbocycles. The summed E-state index contributed by atoms with van der Waals surface area (Å²) in [6.45, 7) is 2.07. The lowest BCUT2D eigenvalue weighted by atomic mass is 9.90. The van der Waals surface area contributed by atoms with E-state index in [2.05, 4.69) is 11.7 Å². The highest BCUT2D eigenvalue weighted by Gasteiger charge is 2.34. The molecular formula is C9H14F2O. The first-order valence-corrected chi connectivity index (χ1v) is 4.18. The summed E-state index contributed by atoms with van der Waals surface area (Å²) in [5, 5.41) is 0. The van der Waals surface area contributed by atoms with Crippen molar-refractivity contribution in [3.05, 3.63) is 11.6 Å². The Labute approximate surface area is 71.4 Å². The molecule has 0 heterocycles. The molecule has 0 aliphatic heterocycles. The van der Waals surface area contributed by atoms with Gasteiger partial charge in [-0.05, 0) is 25.2 Å². The zero-order chi connectivity index (χ0) is 9.19. The van der Waals surface area contributed by atoms with Gasteiger partial charge in [0.05, 0.1) is 0 Å².